The predicted molar refractivity (Wildman–Crippen MR) is 82.8 cm³/mol. The Morgan fingerprint density at radius 1 is 1.33 bits per heavy atom. The molecular weight excluding hydrogens is 290 g/mol. The number of methoxy groups -OCH3 is 1. The second-order valence-electron chi connectivity index (χ2n) is 5.15. The average Bonchev–Trinajstić information content (AvgIpc) is 2.46. The smallest absolute Gasteiger partial charge is 0.240 e. The van der Waals surface area contributed by atoms with Gasteiger partial charge in [-0.25, -0.2) is 13.1 Å². The van der Waals surface area contributed by atoms with Gasteiger partial charge in [-0.1, -0.05) is 26.2 Å². The van der Waals surface area contributed by atoms with E-state index in [2.05, 4.69) is 11.6 Å². The summed E-state index contributed by atoms with van der Waals surface area (Å²) >= 11 is 0. The predicted octanol–water partition coefficient (Wildman–Crippen LogP) is 2.43. The first kappa shape index (κ1) is 17.9. The van der Waals surface area contributed by atoms with Gasteiger partial charge in [-0.05, 0) is 31.5 Å². The highest BCUT2D eigenvalue weighted by Gasteiger charge is 2.18. The first-order valence-electron chi connectivity index (χ1n) is 7.24. The summed E-state index contributed by atoms with van der Waals surface area (Å²) in [5, 5.41) is 9.27. The zero-order valence-electron chi connectivity index (χ0n) is 12.9. The summed E-state index contributed by atoms with van der Waals surface area (Å²) < 4.78 is 32.4. The molecule has 21 heavy (non-hydrogen) atoms. The third-order valence-electron chi connectivity index (χ3n) is 3.33. The Hall–Kier alpha value is -1.11. The summed E-state index contributed by atoms with van der Waals surface area (Å²) in [7, 11) is -2.09. The minimum absolute atomic E-state index is 0.110. The Balaban J connectivity index is 2.82. The lowest BCUT2D eigenvalue weighted by molar-refractivity contribution is 0.273. The van der Waals surface area contributed by atoms with Crippen molar-refractivity contribution in [3.63, 3.8) is 0 Å². The number of aliphatic hydroxyl groups excluding tert-OH is 1. The number of rotatable bonds is 9. The van der Waals surface area contributed by atoms with Crippen LogP contribution in [0.15, 0.2) is 23.1 Å². The highest BCUT2D eigenvalue weighted by molar-refractivity contribution is 7.89. The molecule has 0 radical (unpaired) electrons. The fraction of sp³-hybridized carbons (Fsp3) is 0.600. The molecule has 0 aromatic heterocycles. The average molecular weight is 315 g/mol. The lowest BCUT2D eigenvalue weighted by Crippen LogP contribution is -2.32. The van der Waals surface area contributed by atoms with Gasteiger partial charge in [-0.2, -0.15) is 0 Å². The number of hydrogen-bond donors (Lipinski definition) is 2. The zero-order chi connectivity index (χ0) is 15.9. The topological polar surface area (TPSA) is 75.6 Å². The normalized spacial score (nSPS) is 13.1. The molecule has 6 heteroatoms. The number of sulfonamides is 1. The molecule has 0 spiro atoms. The first-order valence-corrected chi connectivity index (χ1v) is 8.73. The maximum Gasteiger partial charge on any atom is 0.240 e. The summed E-state index contributed by atoms with van der Waals surface area (Å²) in [5.74, 6) is 0.479. The summed E-state index contributed by atoms with van der Waals surface area (Å²) in [6.45, 7) is 3.71. The van der Waals surface area contributed by atoms with E-state index in [1.165, 1.54) is 19.2 Å². The minimum atomic E-state index is -3.57. The summed E-state index contributed by atoms with van der Waals surface area (Å²) in [4.78, 5) is 0.148. The van der Waals surface area contributed by atoms with Gasteiger partial charge in [0, 0.05) is 11.6 Å². The SMILES string of the molecule is CCCCCC(C)NS(=O)(=O)c1ccc(OC)c(CO)c1. The van der Waals surface area contributed by atoms with E-state index < -0.39 is 10.0 Å². The van der Waals surface area contributed by atoms with Crippen molar-refractivity contribution in [2.24, 2.45) is 0 Å². The number of ether oxygens (including phenoxy) is 1. The molecule has 0 bridgehead atoms. The monoisotopic (exact) mass is 315 g/mol. The zero-order valence-corrected chi connectivity index (χ0v) is 13.7. The van der Waals surface area contributed by atoms with Gasteiger partial charge in [0.2, 0.25) is 10.0 Å². The van der Waals surface area contributed by atoms with Crippen molar-refractivity contribution in [2.45, 2.75) is 57.1 Å². The summed E-state index contributed by atoms with van der Waals surface area (Å²) in [5.41, 5.74) is 0.457. The van der Waals surface area contributed by atoms with E-state index in [0.717, 1.165) is 25.7 Å². The molecule has 0 aliphatic rings. The van der Waals surface area contributed by atoms with Crippen molar-refractivity contribution in [1.82, 2.24) is 4.72 Å². The molecule has 1 unspecified atom stereocenters. The van der Waals surface area contributed by atoms with E-state index in [1.807, 2.05) is 6.92 Å². The van der Waals surface area contributed by atoms with Gasteiger partial charge >= 0.3 is 0 Å². The molecule has 0 heterocycles. The molecule has 1 aromatic rings. The molecule has 1 atom stereocenters. The Morgan fingerprint density at radius 3 is 2.62 bits per heavy atom. The molecule has 1 rings (SSSR count). The van der Waals surface area contributed by atoms with Crippen molar-refractivity contribution in [1.29, 1.82) is 0 Å². The largest absolute Gasteiger partial charge is 0.496 e. The molecule has 0 fully saturated rings. The van der Waals surface area contributed by atoms with Crippen LogP contribution in [0, 0.1) is 0 Å². The summed E-state index contributed by atoms with van der Waals surface area (Å²) in [6, 6.07) is 4.38. The number of nitrogens with one attached hydrogen (secondary N) is 1. The van der Waals surface area contributed by atoms with Crippen LogP contribution < -0.4 is 9.46 Å². The fourth-order valence-corrected chi connectivity index (χ4v) is 3.47. The Labute approximate surface area is 127 Å². The summed E-state index contributed by atoms with van der Waals surface area (Å²) in [6.07, 6.45) is 4.03. The van der Waals surface area contributed by atoms with E-state index in [9.17, 15) is 13.5 Å². The van der Waals surface area contributed by atoms with Gasteiger partial charge in [-0.15, -0.1) is 0 Å². The van der Waals surface area contributed by atoms with E-state index >= 15 is 0 Å². The second-order valence-corrected chi connectivity index (χ2v) is 6.86. The van der Waals surface area contributed by atoms with Crippen molar-refractivity contribution >= 4 is 10.0 Å². The standard InChI is InChI=1S/C15H25NO4S/c1-4-5-6-7-12(2)16-21(18,19)14-8-9-15(20-3)13(10-14)11-17/h8-10,12,16-17H,4-7,11H2,1-3H3. The van der Waals surface area contributed by atoms with Gasteiger partial charge in [0.15, 0.2) is 0 Å². The maximum atomic E-state index is 12.3. The number of hydrogen-bond acceptors (Lipinski definition) is 4. The number of aliphatic hydroxyl groups is 1. The van der Waals surface area contributed by atoms with E-state index in [0.29, 0.717) is 11.3 Å². The Morgan fingerprint density at radius 2 is 2.05 bits per heavy atom. The van der Waals surface area contributed by atoms with Crippen molar-refractivity contribution in [3.8, 4) is 5.75 Å². The van der Waals surface area contributed by atoms with Crippen LogP contribution in [0.2, 0.25) is 0 Å². The highest BCUT2D eigenvalue weighted by Crippen LogP contribution is 2.22. The second kappa shape index (κ2) is 8.36. The van der Waals surface area contributed by atoms with E-state index in [-0.39, 0.29) is 17.5 Å². The van der Waals surface area contributed by atoms with Gasteiger partial charge in [0.25, 0.3) is 0 Å². The third kappa shape index (κ3) is 5.30. The van der Waals surface area contributed by atoms with Crippen molar-refractivity contribution < 1.29 is 18.3 Å². The maximum absolute atomic E-state index is 12.3. The van der Waals surface area contributed by atoms with Gasteiger partial charge in [0.05, 0.1) is 18.6 Å². The Bertz CT molecular complexity index is 543. The first-order chi connectivity index (χ1) is 9.94. The van der Waals surface area contributed by atoms with Crippen LogP contribution in [0.1, 0.15) is 45.1 Å². The third-order valence-corrected chi connectivity index (χ3v) is 4.92. The van der Waals surface area contributed by atoms with Crippen LogP contribution in [0.4, 0.5) is 0 Å². The molecule has 0 aliphatic carbocycles. The van der Waals surface area contributed by atoms with Gasteiger partial charge in [0.1, 0.15) is 5.75 Å². The lowest BCUT2D eigenvalue weighted by atomic mass is 10.1. The highest BCUT2D eigenvalue weighted by atomic mass is 32.2. The van der Waals surface area contributed by atoms with E-state index in [4.69, 9.17) is 4.74 Å². The molecule has 0 saturated carbocycles. The van der Waals surface area contributed by atoms with Crippen LogP contribution in [-0.4, -0.2) is 26.7 Å². The van der Waals surface area contributed by atoms with Crippen LogP contribution in [0.3, 0.4) is 0 Å². The molecule has 1 aromatic carbocycles. The van der Waals surface area contributed by atoms with Crippen LogP contribution >= 0.6 is 0 Å². The molecule has 2 N–H and O–H groups in total. The molecular formula is C15H25NO4S. The fourth-order valence-electron chi connectivity index (χ4n) is 2.14. The molecule has 0 saturated heterocycles. The van der Waals surface area contributed by atoms with Crippen molar-refractivity contribution in [3.05, 3.63) is 23.8 Å². The lowest BCUT2D eigenvalue weighted by Gasteiger charge is -2.15. The molecule has 120 valence electrons. The molecule has 5 nitrogen and oxygen atoms in total. The number of benzene rings is 1. The quantitative estimate of drug-likeness (QED) is 0.686. The van der Waals surface area contributed by atoms with Crippen LogP contribution in [0.5, 0.6) is 5.75 Å². The minimum Gasteiger partial charge on any atom is -0.496 e. The number of unbranched alkanes of at least 4 members (excludes halogenated alkanes) is 2. The van der Waals surface area contributed by atoms with Gasteiger partial charge < -0.3 is 9.84 Å². The molecule has 0 amide bonds. The van der Waals surface area contributed by atoms with Crippen LogP contribution in [-0.2, 0) is 16.6 Å². The van der Waals surface area contributed by atoms with Crippen molar-refractivity contribution in [2.75, 3.05) is 7.11 Å². The molecule has 0 aliphatic heterocycles. The Kier molecular flexibility index (Phi) is 7.14. The van der Waals surface area contributed by atoms with Gasteiger partial charge in [-0.3, -0.25) is 0 Å². The van der Waals surface area contributed by atoms with Crippen LogP contribution in [0.25, 0.3) is 0 Å². The van der Waals surface area contributed by atoms with E-state index in [1.54, 1.807) is 6.07 Å².